The average molecular weight is 267 g/mol. The normalized spacial score (nSPS) is 12.3. The Morgan fingerprint density at radius 2 is 2.00 bits per heavy atom. The summed E-state index contributed by atoms with van der Waals surface area (Å²) in [5.74, 6) is -1.35. The zero-order chi connectivity index (χ0) is 14.4. The van der Waals surface area contributed by atoms with Crippen molar-refractivity contribution < 1.29 is 18.3 Å². The number of ketones is 1. The number of benzene rings is 1. The van der Waals surface area contributed by atoms with Crippen LogP contribution in [0.3, 0.4) is 0 Å². The molecule has 102 valence electrons. The molecule has 0 aliphatic rings. The third kappa shape index (κ3) is 4.32. The van der Waals surface area contributed by atoms with Crippen molar-refractivity contribution in [2.24, 2.45) is 11.8 Å². The van der Waals surface area contributed by atoms with Gasteiger partial charge < -0.3 is 4.74 Å². The number of carbonyl (C=O) groups is 1. The Balaban J connectivity index is 3.01. The van der Waals surface area contributed by atoms with Crippen LogP contribution in [0.25, 0.3) is 0 Å². The first kappa shape index (κ1) is 15.1. The smallest absolute Gasteiger partial charge is 0.387 e. The molecule has 0 aliphatic heterocycles. The molecule has 1 aromatic carbocycles. The number of rotatable bonds is 6. The van der Waals surface area contributed by atoms with Crippen LogP contribution >= 0.6 is 0 Å². The van der Waals surface area contributed by atoms with Crippen LogP contribution in [-0.2, 0) is 0 Å². The van der Waals surface area contributed by atoms with E-state index in [4.69, 9.17) is 5.26 Å². The van der Waals surface area contributed by atoms with Crippen molar-refractivity contribution >= 4 is 5.78 Å². The number of nitrogens with zero attached hydrogens (tertiary/aromatic N) is 1. The van der Waals surface area contributed by atoms with Gasteiger partial charge in [0.05, 0.1) is 11.6 Å². The van der Waals surface area contributed by atoms with E-state index in [0.717, 1.165) is 0 Å². The number of hydrogen-bond donors (Lipinski definition) is 0. The average Bonchev–Trinajstić information content (AvgIpc) is 2.35. The van der Waals surface area contributed by atoms with Gasteiger partial charge in [0.25, 0.3) is 0 Å². The van der Waals surface area contributed by atoms with Gasteiger partial charge in [-0.1, -0.05) is 26.0 Å². The molecule has 0 amide bonds. The summed E-state index contributed by atoms with van der Waals surface area (Å²) >= 11 is 0. The van der Waals surface area contributed by atoms with Crippen molar-refractivity contribution in [3.63, 3.8) is 0 Å². The second kappa shape index (κ2) is 6.83. The van der Waals surface area contributed by atoms with Crippen molar-refractivity contribution in [1.29, 1.82) is 5.26 Å². The fraction of sp³-hybridized carbons (Fsp3) is 0.429. The maximum absolute atomic E-state index is 12.3. The topological polar surface area (TPSA) is 50.1 Å². The lowest BCUT2D eigenvalue weighted by Gasteiger charge is -2.13. The Kier molecular flexibility index (Phi) is 5.43. The number of para-hydroxylation sites is 1. The number of ether oxygens (including phenoxy) is 1. The van der Waals surface area contributed by atoms with E-state index in [2.05, 4.69) is 4.74 Å². The molecule has 0 aliphatic carbocycles. The highest BCUT2D eigenvalue weighted by molar-refractivity contribution is 6.01. The minimum atomic E-state index is -3.00. The predicted octanol–water partition coefficient (Wildman–Crippen LogP) is 3.66. The summed E-state index contributed by atoms with van der Waals surface area (Å²) in [6, 6.07) is 7.66. The molecule has 1 rings (SSSR count). The molecule has 0 fully saturated rings. The molecule has 0 radical (unpaired) electrons. The molecule has 0 saturated heterocycles. The molecule has 0 bridgehead atoms. The first-order valence-corrected chi connectivity index (χ1v) is 5.93. The van der Waals surface area contributed by atoms with Crippen molar-refractivity contribution in [2.45, 2.75) is 26.9 Å². The Morgan fingerprint density at radius 1 is 1.37 bits per heavy atom. The molecule has 0 heterocycles. The molecule has 1 unspecified atom stereocenters. The maximum Gasteiger partial charge on any atom is 0.387 e. The SMILES string of the molecule is CC(C)CC(C#N)C(=O)c1ccccc1OC(F)F. The molecule has 1 aromatic rings. The Morgan fingerprint density at radius 3 is 2.53 bits per heavy atom. The van der Waals surface area contributed by atoms with Crippen LogP contribution in [0, 0.1) is 23.2 Å². The largest absolute Gasteiger partial charge is 0.434 e. The molecule has 0 aromatic heterocycles. The highest BCUT2D eigenvalue weighted by Crippen LogP contribution is 2.25. The number of hydrogen-bond acceptors (Lipinski definition) is 3. The van der Waals surface area contributed by atoms with E-state index in [1.807, 2.05) is 19.9 Å². The zero-order valence-electron chi connectivity index (χ0n) is 10.8. The monoisotopic (exact) mass is 267 g/mol. The highest BCUT2D eigenvalue weighted by atomic mass is 19.3. The van der Waals surface area contributed by atoms with E-state index >= 15 is 0 Å². The van der Waals surface area contributed by atoms with Gasteiger partial charge in [-0.25, -0.2) is 0 Å². The van der Waals surface area contributed by atoms with Crippen molar-refractivity contribution in [3.05, 3.63) is 29.8 Å². The van der Waals surface area contributed by atoms with Crippen LogP contribution in [0.1, 0.15) is 30.6 Å². The molecule has 0 spiro atoms. The van der Waals surface area contributed by atoms with Crippen molar-refractivity contribution in [1.82, 2.24) is 0 Å². The maximum atomic E-state index is 12.3. The highest BCUT2D eigenvalue weighted by Gasteiger charge is 2.24. The minimum Gasteiger partial charge on any atom is -0.434 e. The van der Waals surface area contributed by atoms with Gasteiger partial charge in [0.15, 0.2) is 5.78 Å². The molecule has 3 nitrogen and oxygen atoms in total. The van der Waals surface area contributed by atoms with E-state index in [0.29, 0.717) is 6.42 Å². The van der Waals surface area contributed by atoms with Crippen LogP contribution in [0.2, 0.25) is 0 Å². The molecule has 0 saturated carbocycles. The van der Waals surface area contributed by atoms with Crippen LogP contribution in [0.5, 0.6) is 5.75 Å². The van der Waals surface area contributed by atoms with Crippen molar-refractivity contribution in [2.75, 3.05) is 0 Å². The summed E-state index contributed by atoms with van der Waals surface area (Å²) in [7, 11) is 0. The summed E-state index contributed by atoms with van der Waals surface area (Å²) in [5.41, 5.74) is 0.0231. The lowest BCUT2D eigenvalue weighted by atomic mass is 9.90. The Bertz CT molecular complexity index is 481. The van der Waals surface area contributed by atoms with Gasteiger partial charge >= 0.3 is 6.61 Å². The van der Waals surface area contributed by atoms with Gasteiger partial charge in [0.2, 0.25) is 0 Å². The van der Waals surface area contributed by atoms with Gasteiger partial charge in [-0.2, -0.15) is 14.0 Å². The minimum absolute atomic E-state index is 0.0231. The zero-order valence-corrected chi connectivity index (χ0v) is 10.8. The number of carbonyl (C=O) groups excluding carboxylic acids is 1. The number of halogens is 2. The van der Waals surface area contributed by atoms with Crippen LogP contribution in [0.4, 0.5) is 8.78 Å². The quantitative estimate of drug-likeness (QED) is 0.739. The molecule has 0 N–H and O–H groups in total. The second-order valence-electron chi connectivity index (χ2n) is 4.55. The molecular formula is C14H15F2NO2. The van der Waals surface area contributed by atoms with Crippen LogP contribution in [0.15, 0.2) is 24.3 Å². The van der Waals surface area contributed by atoms with Gasteiger partial charge in [-0.15, -0.1) is 0 Å². The lowest BCUT2D eigenvalue weighted by molar-refractivity contribution is -0.0501. The molecule has 19 heavy (non-hydrogen) atoms. The van der Waals surface area contributed by atoms with E-state index in [1.54, 1.807) is 6.07 Å². The Hall–Kier alpha value is -1.96. The van der Waals surface area contributed by atoms with Gasteiger partial charge in [0.1, 0.15) is 11.7 Å². The molecular weight excluding hydrogens is 252 g/mol. The number of Topliss-reactive ketones (excluding diaryl/α,β-unsaturated/α-hetero) is 1. The fourth-order valence-electron chi connectivity index (χ4n) is 1.75. The van der Waals surface area contributed by atoms with Crippen molar-refractivity contribution in [3.8, 4) is 11.8 Å². The van der Waals surface area contributed by atoms with E-state index < -0.39 is 18.3 Å². The Labute approximate surface area is 110 Å². The lowest BCUT2D eigenvalue weighted by Crippen LogP contribution is -2.17. The number of nitriles is 1. The predicted molar refractivity (Wildman–Crippen MR) is 66.0 cm³/mol. The van der Waals surface area contributed by atoms with E-state index in [-0.39, 0.29) is 17.2 Å². The van der Waals surface area contributed by atoms with E-state index in [1.165, 1.54) is 18.2 Å². The third-order valence-electron chi connectivity index (χ3n) is 2.55. The van der Waals surface area contributed by atoms with Gasteiger partial charge in [-0.3, -0.25) is 4.79 Å². The third-order valence-corrected chi connectivity index (χ3v) is 2.55. The molecule has 1 atom stereocenters. The molecule has 5 heteroatoms. The van der Waals surface area contributed by atoms with Crippen LogP contribution < -0.4 is 4.74 Å². The van der Waals surface area contributed by atoms with E-state index in [9.17, 15) is 13.6 Å². The summed E-state index contributed by atoms with van der Waals surface area (Å²) in [6.07, 6.45) is 0.387. The first-order chi connectivity index (χ1) is 8.95. The second-order valence-corrected chi connectivity index (χ2v) is 4.55. The number of alkyl halides is 2. The fourth-order valence-corrected chi connectivity index (χ4v) is 1.75. The van der Waals surface area contributed by atoms with Gasteiger partial charge in [0, 0.05) is 0 Å². The summed E-state index contributed by atoms with van der Waals surface area (Å²) in [4.78, 5) is 12.2. The standard InChI is InChI=1S/C14H15F2NO2/c1-9(2)7-10(8-17)13(18)11-5-3-4-6-12(11)19-14(15)16/h3-6,9-10,14H,7H2,1-2H3. The first-order valence-electron chi connectivity index (χ1n) is 5.93. The summed E-state index contributed by atoms with van der Waals surface area (Å²) < 4.78 is 28.8. The summed E-state index contributed by atoms with van der Waals surface area (Å²) in [5, 5.41) is 9.02. The van der Waals surface area contributed by atoms with Crippen LogP contribution in [-0.4, -0.2) is 12.4 Å². The van der Waals surface area contributed by atoms with Gasteiger partial charge in [-0.05, 0) is 24.5 Å². The summed E-state index contributed by atoms with van der Waals surface area (Å²) in [6.45, 7) is 0.776.